The minimum Gasteiger partial charge on any atom is -0.310 e. The van der Waals surface area contributed by atoms with Gasteiger partial charge in [-0.2, -0.15) is 0 Å². The first-order chi connectivity index (χ1) is 9.65. The predicted molar refractivity (Wildman–Crippen MR) is 86.7 cm³/mol. The van der Waals surface area contributed by atoms with Crippen LogP contribution in [-0.4, -0.2) is 11.0 Å². The molecule has 2 heteroatoms. The highest BCUT2D eigenvalue weighted by molar-refractivity contribution is 5.81. The molecule has 1 heterocycles. The molecule has 0 saturated carbocycles. The molecular weight excluding hydrogens is 244 g/mol. The minimum absolute atomic E-state index is 0.544. The third-order valence-corrected chi connectivity index (χ3v) is 3.60. The fraction of sp³-hybridized carbons (Fsp3) is 0.389. The zero-order chi connectivity index (χ0) is 14.4. The zero-order valence-electron chi connectivity index (χ0n) is 12.5. The van der Waals surface area contributed by atoms with Gasteiger partial charge in [0.25, 0.3) is 0 Å². The number of rotatable bonds is 7. The lowest BCUT2D eigenvalue weighted by molar-refractivity contribution is 0.498. The second kappa shape index (κ2) is 7.20. The number of nitrogens with one attached hydrogen (secondary N) is 1. The van der Waals surface area contributed by atoms with Crippen molar-refractivity contribution < 1.29 is 0 Å². The summed E-state index contributed by atoms with van der Waals surface area (Å²) < 4.78 is 0. The molecule has 106 valence electrons. The van der Waals surface area contributed by atoms with Gasteiger partial charge >= 0.3 is 0 Å². The van der Waals surface area contributed by atoms with Gasteiger partial charge < -0.3 is 5.32 Å². The molecular formula is C18H24N2. The van der Waals surface area contributed by atoms with Crippen LogP contribution >= 0.6 is 0 Å². The average molecular weight is 268 g/mol. The summed E-state index contributed by atoms with van der Waals surface area (Å²) in [5, 5.41) is 6.05. The SMILES string of the molecule is C=C(C)CCC[C@@H](C)NCc1ccc2cnccc2c1. The molecule has 2 aromatic rings. The van der Waals surface area contributed by atoms with Gasteiger partial charge in [-0.05, 0) is 56.2 Å². The molecule has 2 rings (SSSR count). The lowest BCUT2D eigenvalue weighted by Gasteiger charge is -2.14. The van der Waals surface area contributed by atoms with Crippen LogP contribution in [0.4, 0.5) is 0 Å². The van der Waals surface area contributed by atoms with Gasteiger partial charge in [0.15, 0.2) is 0 Å². The molecule has 0 aliphatic heterocycles. The number of aromatic nitrogens is 1. The Morgan fingerprint density at radius 1 is 1.30 bits per heavy atom. The zero-order valence-corrected chi connectivity index (χ0v) is 12.5. The van der Waals surface area contributed by atoms with Crippen LogP contribution in [0.25, 0.3) is 10.8 Å². The number of hydrogen-bond donors (Lipinski definition) is 1. The van der Waals surface area contributed by atoms with E-state index in [2.05, 4.69) is 55.0 Å². The maximum absolute atomic E-state index is 4.14. The molecule has 1 atom stereocenters. The molecule has 2 nitrogen and oxygen atoms in total. The van der Waals surface area contributed by atoms with Crippen LogP contribution in [0.15, 0.2) is 48.8 Å². The predicted octanol–water partition coefficient (Wildman–Crippen LogP) is 4.46. The second-order valence-corrected chi connectivity index (χ2v) is 5.69. The number of allylic oxidation sites excluding steroid dienone is 1. The van der Waals surface area contributed by atoms with E-state index in [-0.39, 0.29) is 0 Å². The van der Waals surface area contributed by atoms with Crippen molar-refractivity contribution in [1.29, 1.82) is 0 Å². The van der Waals surface area contributed by atoms with Crippen molar-refractivity contribution in [3.63, 3.8) is 0 Å². The van der Waals surface area contributed by atoms with E-state index in [1.54, 1.807) is 0 Å². The lowest BCUT2D eigenvalue weighted by atomic mass is 10.1. The summed E-state index contributed by atoms with van der Waals surface area (Å²) in [7, 11) is 0. The Balaban J connectivity index is 1.84. The summed E-state index contributed by atoms with van der Waals surface area (Å²) >= 11 is 0. The largest absolute Gasteiger partial charge is 0.310 e. The summed E-state index contributed by atoms with van der Waals surface area (Å²) in [6, 6.07) is 9.17. The van der Waals surface area contributed by atoms with E-state index in [0.717, 1.165) is 13.0 Å². The van der Waals surface area contributed by atoms with Gasteiger partial charge in [-0.3, -0.25) is 4.98 Å². The highest BCUT2D eigenvalue weighted by Gasteiger charge is 2.02. The molecule has 0 bridgehead atoms. The molecule has 0 spiro atoms. The van der Waals surface area contributed by atoms with E-state index in [1.807, 2.05) is 12.4 Å². The Hall–Kier alpha value is -1.67. The molecule has 0 radical (unpaired) electrons. The Morgan fingerprint density at radius 3 is 2.95 bits per heavy atom. The molecule has 0 aliphatic rings. The fourth-order valence-corrected chi connectivity index (χ4v) is 2.35. The van der Waals surface area contributed by atoms with Crippen molar-refractivity contribution in [2.75, 3.05) is 0 Å². The van der Waals surface area contributed by atoms with Gasteiger partial charge in [0.1, 0.15) is 0 Å². The standard InChI is InChI=1S/C18H24N2/c1-14(2)5-4-6-15(3)20-12-16-7-8-18-13-19-10-9-17(18)11-16/h7-11,13,15,20H,1,4-6,12H2,2-3H3/t15-/m1/s1. The number of benzene rings is 1. The minimum atomic E-state index is 0.544. The summed E-state index contributed by atoms with van der Waals surface area (Å²) in [6.07, 6.45) is 7.30. The maximum atomic E-state index is 4.14. The normalized spacial score (nSPS) is 12.5. The summed E-state index contributed by atoms with van der Waals surface area (Å²) in [5.74, 6) is 0. The molecule has 0 unspecified atom stereocenters. The number of nitrogens with zero attached hydrogens (tertiary/aromatic N) is 1. The molecule has 0 amide bonds. The first-order valence-electron chi connectivity index (χ1n) is 7.35. The van der Waals surface area contributed by atoms with Crippen LogP contribution < -0.4 is 5.32 Å². The maximum Gasteiger partial charge on any atom is 0.0346 e. The highest BCUT2D eigenvalue weighted by Crippen LogP contribution is 2.14. The smallest absolute Gasteiger partial charge is 0.0346 e. The summed E-state index contributed by atoms with van der Waals surface area (Å²) in [4.78, 5) is 4.14. The second-order valence-electron chi connectivity index (χ2n) is 5.69. The fourth-order valence-electron chi connectivity index (χ4n) is 2.35. The Morgan fingerprint density at radius 2 is 2.15 bits per heavy atom. The van der Waals surface area contributed by atoms with Crippen molar-refractivity contribution in [2.45, 2.75) is 45.7 Å². The van der Waals surface area contributed by atoms with Crippen molar-refractivity contribution in [1.82, 2.24) is 10.3 Å². The first kappa shape index (κ1) is 14.7. The van der Waals surface area contributed by atoms with Gasteiger partial charge in [0, 0.05) is 30.4 Å². The van der Waals surface area contributed by atoms with E-state index < -0.39 is 0 Å². The molecule has 20 heavy (non-hydrogen) atoms. The molecule has 1 N–H and O–H groups in total. The van der Waals surface area contributed by atoms with Crippen LogP contribution in [0.1, 0.15) is 38.7 Å². The van der Waals surface area contributed by atoms with Gasteiger partial charge in [-0.1, -0.05) is 17.7 Å². The first-order valence-corrected chi connectivity index (χ1v) is 7.35. The van der Waals surface area contributed by atoms with Gasteiger partial charge in [0.05, 0.1) is 0 Å². The Kier molecular flexibility index (Phi) is 5.31. The van der Waals surface area contributed by atoms with Gasteiger partial charge in [-0.25, -0.2) is 0 Å². The van der Waals surface area contributed by atoms with Gasteiger partial charge in [-0.15, -0.1) is 6.58 Å². The van der Waals surface area contributed by atoms with Gasteiger partial charge in [0.2, 0.25) is 0 Å². The average Bonchev–Trinajstić information content (AvgIpc) is 2.44. The number of fused-ring (bicyclic) bond motifs is 1. The Labute approximate surface area is 121 Å². The van der Waals surface area contributed by atoms with Crippen LogP contribution in [0.2, 0.25) is 0 Å². The molecule has 1 aromatic carbocycles. The third kappa shape index (κ3) is 4.46. The van der Waals surface area contributed by atoms with Crippen LogP contribution in [0, 0.1) is 0 Å². The van der Waals surface area contributed by atoms with E-state index in [9.17, 15) is 0 Å². The Bertz CT molecular complexity index is 574. The van der Waals surface area contributed by atoms with E-state index >= 15 is 0 Å². The van der Waals surface area contributed by atoms with Crippen molar-refractivity contribution in [2.24, 2.45) is 0 Å². The summed E-state index contributed by atoms with van der Waals surface area (Å²) in [5.41, 5.74) is 2.61. The van der Waals surface area contributed by atoms with Crippen molar-refractivity contribution in [3.8, 4) is 0 Å². The molecule has 1 aromatic heterocycles. The third-order valence-electron chi connectivity index (χ3n) is 3.60. The van der Waals surface area contributed by atoms with Crippen molar-refractivity contribution >= 4 is 10.8 Å². The number of hydrogen-bond acceptors (Lipinski definition) is 2. The van der Waals surface area contributed by atoms with Crippen LogP contribution in [0.3, 0.4) is 0 Å². The van der Waals surface area contributed by atoms with Crippen LogP contribution in [0.5, 0.6) is 0 Å². The molecule has 0 saturated heterocycles. The lowest BCUT2D eigenvalue weighted by Crippen LogP contribution is -2.25. The van der Waals surface area contributed by atoms with Crippen molar-refractivity contribution in [3.05, 3.63) is 54.4 Å². The molecule has 0 aliphatic carbocycles. The topological polar surface area (TPSA) is 24.9 Å². The van der Waals surface area contributed by atoms with E-state index in [0.29, 0.717) is 6.04 Å². The summed E-state index contributed by atoms with van der Waals surface area (Å²) in [6.45, 7) is 9.22. The quantitative estimate of drug-likeness (QED) is 0.750. The molecule has 0 fully saturated rings. The van der Waals surface area contributed by atoms with E-state index in [4.69, 9.17) is 0 Å². The number of pyridine rings is 1. The highest BCUT2D eigenvalue weighted by atomic mass is 14.9. The van der Waals surface area contributed by atoms with E-state index in [1.165, 1.54) is 34.8 Å². The monoisotopic (exact) mass is 268 g/mol. The van der Waals surface area contributed by atoms with Crippen LogP contribution in [-0.2, 0) is 6.54 Å².